The predicted molar refractivity (Wildman–Crippen MR) is 94.8 cm³/mol. The number of fused-ring (bicyclic) bond motifs is 1. The molecule has 30 heavy (non-hydrogen) atoms. The Morgan fingerprint density at radius 1 is 1.23 bits per heavy atom. The van der Waals surface area contributed by atoms with Crippen LogP contribution in [0.5, 0.6) is 0 Å². The van der Waals surface area contributed by atoms with Crippen LogP contribution in [0, 0.1) is 0 Å². The van der Waals surface area contributed by atoms with Gasteiger partial charge in [-0.2, -0.15) is 31.3 Å². The average Bonchev–Trinajstić information content (AvgIpc) is 2.63. The van der Waals surface area contributed by atoms with Gasteiger partial charge in [-0.15, -0.1) is 0 Å². The zero-order valence-electron chi connectivity index (χ0n) is 16.2. The minimum Gasteiger partial charge on any atom is -0.377 e. The van der Waals surface area contributed by atoms with E-state index in [1.165, 1.54) is 6.07 Å². The Labute approximate surface area is 168 Å². The maximum atomic E-state index is 13.6. The molecule has 3 heterocycles. The van der Waals surface area contributed by atoms with Crippen LogP contribution >= 0.6 is 0 Å². The van der Waals surface area contributed by atoms with Crippen LogP contribution in [0.15, 0.2) is 10.9 Å². The number of aromatic nitrogens is 2. The Morgan fingerprint density at radius 3 is 2.60 bits per heavy atom. The smallest absolute Gasteiger partial charge is 0.377 e. The molecule has 1 aromatic heterocycles. The second-order valence-electron chi connectivity index (χ2n) is 7.23. The number of halogens is 6. The van der Waals surface area contributed by atoms with Crippen LogP contribution in [-0.2, 0) is 16.0 Å². The summed E-state index contributed by atoms with van der Waals surface area (Å²) in [5, 5.41) is 0. The van der Waals surface area contributed by atoms with E-state index in [1.54, 1.807) is 4.90 Å². The summed E-state index contributed by atoms with van der Waals surface area (Å²) in [6.45, 7) is 0.154. The Morgan fingerprint density at radius 2 is 1.97 bits per heavy atom. The lowest BCUT2D eigenvalue weighted by Gasteiger charge is -2.40. The van der Waals surface area contributed by atoms with Crippen LogP contribution in [0.1, 0.15) is 13.3 Å². The molecule has 1 saturated heterocycles. The van der Waals surface area contributed by atoms with Crippen LogP contribution < -0.4 is 15.4 Å². The van der Waals surface area contributed by atoms with E-state index in [2.05, 4.69) is 9.72 Å². The van der Waals surface area contributed by atoms with Gasteiger partial charge in [-0.1, -0.05) is 0 Å². The molecule has 2 aliphatic heterocycles. The molecule has 1 fully saturated rings. The highest BCUT2D eigenvalue weighted by molar-refractivity contribution is 5.47. The molecular weight excluding hydrogens is 422 g/mol. The topological polar surface area (TPSA) is 59.8 Å². The fourth-order valence-corrected chi connectivity index (χ4v) is 3.62. The molecule has 0 radical (unpaired) electrons. The van der Waals surface area contributed by atoms with Crippen molar-refractivity contribution in [3.63, 3.8) is 0 Å². The maximum absolute atomic E-state index is 13.6. The van der Waals surface area contributed by atoms with Crippen LogP contribution in [0.3, 0.4) is 0 Å². The second-order valence-corrected chi connectivity index (χ2v) is 7.23. The van der Waals surface area contributed by atoms with Gasteiger partial charge in [0, 0.05) is 25.7 Å². The predicted octanol–water partition coefficient (Wildman–Crippen LogP) is 2.19. The average molecular weight is 444 g/mol. The Hall–Kier alpha value is -2.02. The molecule has 0 saturated carbocycles. The van der Waals surface area contributed by atoms with Gasteiger partial charge >= 0.3 is 12.4 Å². The van der Waals surface area contributed by atoms with Crippen molar-refractivity contribution >= 4 is 11.8 Å². The number of nitrogens with zero attached hydrogens (tertiary/aromatic N) is 4. The quantitative estimate of drug-likeness (QED) is 0.513. The van der Waals surface area contributed by atoms with E-state index < -0.39 is 50.1 Å². The van der Waals surface area contributed by atoms with E-state index in [-0.39, 0.29) is 24.4 Å². The summed E-state index contributed by atoms with van der Waals surface area (Å²) in [5.74, 6) is -0.00791. The van der Waals surface area contributed by atoms with Crippen molar-refractivity contribution in [2.75, 3.05) is 49.3 Å². The normalized spacial score (nSPS) is 22.9. The van der Waals surface area contributed by atoms with Crippen LogP contribution in [0.25, 0.3) is 0 Å². The van der Waals surface area contributed by atoms with Crippen LogP contribution in [-0.4, -0.2) is 73.5 Å². The van der Waals surface area contributed by atoms with Crippen molar-refractivity contribution in [3.05, 3.63) is 16.4 Å². The van der Waals surface area contributed by atoms with Crippen molar-refractivity contribution in [2.24, 2.45) is 0 Å². The highest BCUT2D eigenvalue weighted by Gasteiger charge is 2.47. The molecule has 0 aromatic carbocycles. The fourth-order valence-electron chi connectivity index (χ4n) is 3.62. The number of anilines is 2. The SMILES string of the molecule is C[C@@H]1COCCN1c1cc(=O)n2c(n1)N(CCOCC(F)(F)F)C(C(F)(F)F)CC2. The zero-order chi connectivity index (χ0) is 22.1. The molecule has 2 atom stereocenters. The highest BCUT2D eigenvalue weighted by atomic mass is 19.4. The first-order valence-electron chi connectivity index (χ1n) is 9.41. The first-order valence-corrected chi connectivity index (χ1v) is 9.41. The monoisotopic (exact) mass is 444 g/mol. The summed E-state index contributed by atoms with van der Waals surface area (Å²) in [6.07, 6.45) is -9.64. The van der Waals surface area contributed by atoms with E-state index in [0.717, 1.165) is 9.47 Å². The first kappa shape index (κ1) is 22.7. The van der Waals surface area contributed by atoms with Gasteiger partial charge < -0.3 is 19.3 Å². The molecule has 2 aliphatic rings. The van der Waals surface area contributed by atoms with Crippen molar-refractivity contribution in [1.82, 2.24) is 9.55 Å². The van der Waals surface area contributed by atoms with Gasteiger partial charge in [0.1, 0.15) is 18.5 Å². The third-order valence-electron chi connectivity index (χ3n) is 5.02. The first-order chi connectivity index (χ1) is 14.0. The molecule has 1 aromatic rings. The van der Waals surface area contributed by atoms with Crippen molar-refractivity contribution in [1.29, 1.82) is 0 Å². The molecule has 1 unspecified atom stereocenters. The van der Waals surface area contributed by atoms with Gasteiger partial charge in [0.2, 0.25) is 5.95 Å². The van der Waals surface area contributed by atoms with E-state index >= 15 is 0 Å². The lowest BCUT2D eigenvalue weighted by molar-refractivity contribution is -0.174. The molecule has 170 valence electrons. The summed E-state index contributed by atoms with van der Waals surface area (Å²) in [5.41, 5.74) is -0.518. The number of rotatable bonds is 5. The number of alkyl halides is 6. The molecule has 0 amide bonds. The van der Waals surface area contributed by atoms with Crippen molar-refractivity contribution in [3.8, 4) is 0 Å². The molecule has 3 rings (SSSR count). The minimum atomic E-state index is -4.64. The number of hydrogen-bond donors (Lipinski definition) is 0. The summed E-state index contributed by atoms with van der Waals surface area (Å²) in [7, 11) is 0. The Kier molecular flexibility index (Phi) is 6.51. The number of ether oxygens (including phenoxy) is 2. The minimum absolute atomic E-state index is 0.140. The molecule has 0 bridgehead atoms. The molecule has 0 aliphatic carbocycles. The van der Waals surface area contributed by atoms with E-state index in [4.69, 9.17) is 4.74 Å². The maximum Gasteiger partial charge on any atom is 0.411 e. The lowest BCUT2D eigenvalue weighted by Crippen LogP contribution is -2.54. The fraction of sp³-hybridized carbons (Fsp3) is 0.765. The van der Waals surface area contributed by atoms with Gasteiger partial charge in [-0.3, -0.25) is 9.36 Å². The van der Waals surface area contributed by atoms with E-state index in [1.807, 2.05) is 6.92 Å². The Bertz CT molecular complexity index is 797. The van der Waals surface area contributed by atoms with Crippen LogP contribution in [0.2, 0.25) is 0 Å². The van der Waals surface area contributed by atoms with Gasteiger partial charge in [-0.25, -0.2) is 0 Å². The third-order valence-corrected chi connectivity index (χ3v) is 5.02. The van der Waals surface area contributed by atoms with Gasteiger partial charge in [0.05, 0.1) is 25.9 Å². The zero-order valence-corrected chi connectivity index (χ0v) is 16.2. The van der Waals surface area contributed by atoms with Crippen molar-refractivity contribution in [2.45, 2.75) is 44.3 Å². The second kappa shape index (κ2) is 8.61. The van der Waals surface area contributed by atoms with Gasteiger partial charge in [-0.05, 0) is 13.3 Å². The molecule has 13 heteroatoms. The summed E-state index contributed by atoms with van der Waals surface area (Å²) >= 11 is 0. The summed E-state index contributed by atoms with van der Waals surface area (Å²) in [6, 6.07) is -0.854. The van der Waals surface area contributed by atoms with Gasteiger partial charge in [0.15, 0.2) is 0 Å². The molecule has 7 nitrogen and oxygen atoms in total. The highest BCUT2D eigenvalue weighted by Crippen LogP contribution is 2.34. The summed E-state index contributed by atoms with van der Waals surface area (Å²) in [4.78, 5) is 19.5. The van der Waals surface area contributed by atoms with Crippen LogP contribution in [0.4, 0.5) is 38.1 Å². The third kappa shape index (κ3) is 5.17. The van der Waals surface area contributed by atoms with E-state index in [9.17, 15) is 31.1 Å². The Balaban J connectivity index is 1.91. The molecule has 0 N–H and O–H groups in total. The largest absolute Gasteiger partial charge is 0.411 e. The molecular formula is C17H22F6N4O3. The standard InChI is InChI=1S/C17H22F6N4O3/c1-11-9-29-6-4-25(11)13-8-14(28)27-3-2-12(17(21,22)23)26(15(27)24-13)5-7-30-10-16(18,19)20/h8,11-12H,2-7,9-10H2,1H3/t11-,12?/m1/s1. The number of morpholine rings is 1. The summed E-state index contributed by atoms with van der Waals surface area (Å²) < 4.78 is 88.6. The number of hydrogen-bond acceptors (Lipinski definition) is 6. The lowest BCUT2D eigenvalue weighted by atomic mass is 10.1. The van der Waals surface area contributed by atoms with E-state index in [0.29, 0.717) is 19.8 Å². The van der Waals surface area contributed by atoms with Gasteiger partial charge in [0.25, 0.3) is 5.56 Å². The van der Waals surface area contributed by atoms with Crippen molar-refractivity contribution < 1.29 is 35.8 Å². The molecule has 0 spiro atoms.